The van der Waals surface area contributed by atoms with Crippen molar-refractivity contribution in [2.45, 2.75) is 18.6 Å². The van der Waals surface area contributed by atoms with Gasteiger partial charge in [-0.1, -0.05) is 23.7 Å². The lowest BCUT2D eigenvalue weighted by Gasteiger charge is -2.47. The summed E-state index contributed by atoms with van der Waals surface area (Å²) >= 11 is 3.73. The van der Waals surface area contributed by atoms with Gasteiger partial charge in [0.25, 0.3) is 0 Å². The Balaban J connectivity index is 1.53. The molecule has 1 saturated heterocycles. The van der Waals surface area contributed by atoms with Gasteiger partial charge in [-0.2, -0.15) is 4.31 Å². The van der Waals surface area contributed by atoms with Gasteiger partial charge in [-0.25, -0.2) is 23.0 Å². The minimum absolute atomic E-state index is 0.0453. The van der Waals surface area contributed by atoms with Gasteiger partial charge in [0.05, 0.1) is 12.1 Å². The van der Waals surface area contributed by atoms with Crippen molar-refractivity contribution < 1.29 is 17.5 Å². The van der Waals surface area contributed by atoms with Crippen molar-refractivity contribution in [3.63, 3.8) is 0 Å². The molecular formula is C21H19ClF2N4O2S. The van der Waals surface area contributed by atoms with Gasteiger partial charge in [0.2, 0.25) is 11.3 Å². The van der Waals surface area contributed by atoms with Gasteiger partial charge >= 0.3 is 0 Å². The van der Waals surface area contributed by atoms with Gasteiger partial charge < -0.3 is 0 Å². The van der Waals surface area contributed by atoms with Crippen molar-refractivity contribution in [2.24, 2.45) is 0 Å². The van der Waals surface area contributed by atoms with E-state index in [4.69, 9.17) is 11.6 Å². The minimum Gasteiger partial charge on any atom is -0.294 e. The minimum atomic E-state index is -2.30. The highest BCUT2D eigenvalue weighted by Gasteiger charge is 2.39. The lowest BCUT2D eigenvalue weighted by Crippen LogP contribution is -2.60. The normalized spacial score (nSPS) is 16.8. The molecule has 1 aromatic heterocycles. The maximum Gasteiger partial charge on any atom is 0.235 e. The van der Waals surface area contributed by atoms with Crippen LogP contribution >= 0.6 is 11.6 Å². The van der Waals surface area contributed by atoms with E-state index in [1.54, 1.807) is 24.5 Å². The number of benzene rings is 2. The topological polar surface area (TPSA) is 69.6 Å². The van der Waals surface area contributed by atoms with E-state index >= 15 is 0 Å². The SMILES string of the molecule is O=S(O)N(Cc1cc(F)cc(F)c1)C1CN([C@H](c2ccc(Cl)cc2)c2cncnc2)C1. The van der Waals surface area contributed by atoms with Crippen LogP contribution < -0.4 is 0 Å². The quantitative estimate of drug-likeness (QED) is 0.538. The van der Waals surface area contributed by atoms with E-state index in [1.165, 1.54) is 10.6 Å². The molecule has 3 aromatic rings. The zero-order valence-electron chi connectivity index (χ0n) is 16.2. The van der Waals surface area contributed by atoms with Crippen molar-refractivity contribution in [1.29, 1.82) is 0 Å². The Hall–Kier alpha value is -2.30. The third-order valence-corrected chi connectivity index (χ3v) is 6.29. The molecule has 1 N–H and O–H groups in total. The fraction of sp³-hybridized carbons (Fsp3) is 0.238. The summed E-state index contributed by atoms with van der Waals surface area (Å²) in [6, 6.07) is 10.1. The van der Waals surface area contributed by atoms with Crippen LogP contribution in [0.5, 0.6) is 0 Å². The van der Waals surface area contributed by atoms with E-state index in [-0.39, 0.29) is 18.6 Å². The van der Waals surface area contributed by atoms with Crippen LogP contribution in [-0.4, -0.2) is 47.1 Å². The second-order valence-electron chi connectivity index (χ2n) is 7.32. The molecule has 1 unspecified atom stereocenters. The highest BCUT2D eigenvalue weighted by molar-refractivity contribution is 7.76. The molecule has 31 heavy (non-hydrogen) atoms. The van der Waals surface area contributed by atoms with Crippen LogP contribution in [0.4, 0.5) is 8.78 Å². The number of rotatable bonds is 7. The summed E-state index contributed by atoms with van der Waals surface area (Å²) in [4.78, 5) is 10.3. The van der Waals surface area contributed by atoms with Crippen molar-refractivity contribution in [3.05, 3.63) is 94.5 Å². The summed E-state index contributed by atoms with van der Waals surface area (Å²) in [7, 11) is 0. The number of hydrogen-bond acceptors (Lipinski definition) is 4. The first-order valence-corrected chi connectivity index (χ1v) is 10.9. The Morgan fingerprint density at radius 3 is 2.29 bits per heavy atom. The molecule has 1 fully saturated rings. The van der Waals surface area contributed by atoms with Crippen LogP contribution in [0.25, 0.3) is 0 Å². The predicted octanol–water partition coefficient (Wildman–Crippen LogP) is 3.82. The second-order valence-corrected chi connectivity index (χ2v) is 8.68. The van der Waals surface area contributed by atoms with Gasteiger partial charge in [-0.05, 0) is 35.4 Å². The van der Waals surface area contributed by atoms with E-state index in [2.05, 4.69) is 14.9 Å². The number of hydrogen-bond donors (Lipinski definition) is 1. The van der Waals surface area contributed by atoms with Crippen LogP contribution in [0, 0.1) is 11.6 Å². The molecule has 0 aliphatic carbocycles. The number of likely N-dealkylation sites (tertiary alicyclic amines) is 1. The highest BCUT2D eigenvalue weighted by atomic mass is 35.5. The summed E-state index contributed by atoms with van der Waals surface area (Å²) in [5.41, 5.74) is 2.16. The molecule has 2 atom stereocenters. The monoisotopic (exact) mass is 464 g/mol. The van der Waals surface area contributed by atoms with Gasteiger partial charge in [0.15, 0.2) is 0 Å². The zero-order chi connectivity index (χ0) is 22.0. The van der Waals surface area contributed by atoms with Crippen LogP contribution in [0.15, 0.2) is 61.2 Å². The molecular weight excluding hydrogens is 446 g/mol. The maximum atomic E-state index is 13.5. The molecule has 6 nitrogen and oxygen atoms in total. The number of nitrogens with zero attached hydrogens (tertiary/aromatic N) is 4. The molecule has 0 saturated carbocycles. The van der Waals surface area contributed by atoms with Gasteiger partial charge in [0.1, 0.15) is 18.0 Å². The first-order valence-electron chi connectivity index (χ1n) is 9.47. The summed E-state index contributed by atoms with van der Waals surface area (Å²) < 4.78 is 50.1. The van der Waals surface area contributed by atoms with E-state index in [0.29, 0.717) is 23.7 Å². The smallest absolute Gasteiger partial charge is 0.235 e. The van der Waals surface area contributed by atoms with Crippen LogP contribution in [0.1, 0.15) is 22.7 Å². The van der Waals surface area contributed by atoms with Gasteiger partial charge in [-0.3, -0.25) is 9.45 Å². The molecule has 1 aliphatic rings. The fourth-order valence-electron chi connectivity index (χ4n) is 3.79. The van der Waals surface area contributed by atoms with E-state index < -0.39 is 22.9 Å². The molecule has 1 aliphatic heterocycles. The van der Waals surface area contributed by atoms with E-state index in [0.717, 1.165) is 29.3 Å². The summed E-state index contributed by atoms with van der Waals surface area (Å²) in [6.07, 6.45) is 4.92. The van der Waals surface area contributed by atoms with Crippen molar-refractivity contribution in [1.82, 2.24) is 19.2 Å². The Morgan fingerprint density at radius 1 is 1.10 bits per heavy atom. The summed E-state index contributed by atoms with van der Waals surface area (Å²) in [5, 5.41) is 0.623. The Labute approximate surface area is 185 Å². The number of aromatic nitrogens is 2. The molecule has 0 spiro atoms. The van der Waals surface area contributed by atoms with Crippen molar-refractivity contribution >= 4 is 22.9 Å². The van der Waals surface area contributed by atoms with Crippen molar-refractivity contribution in [3.8, 4) is 0 Å². The first kappa shape index (κ1) is 21.9. The molecule has 10 heteroatoms. The van der Waals surface area contributed by atoms with Crippen LogP contribution in [0.3, 0.4) is 0 Å². The van der Waals surface area contributed by atoms with E-state index in [1.807, 2.05) is 12.1 Å². The second kappa shape index (κ2) is 9.46. The third kappa shape index (κ3) is 5.13. The summed E-state index contributed by atoms with van der Waals surface area (Å²) in [6.45, 7) is 0.912. The lowest BCUT2D eigenvalue weighted by atomic mass is 9.94. The summed E-state index contributed by atoms with van der Waals surface area (Å²) in [5.74, 6) is -1.44. The average Bonchev–Trinajstić information content (AvgIpc) is 2.70. The molecule has 0 radical (unpaired) electrons. The molecule has 0 bridgehead atoms. The standard InChI is InChI=1S/C21H19ClF2N4O2S/c22-17-3-1-15(2-4-17)21(16-8-25-13-26-9-16)27-11-20(12-27)28(31(29)30)10-14-5-18(23)7-19(24)6-14/h1-9,13,20-21H,10-12H2,(H,29,30)/t21-/m1/s1. The average molecular weight is 465 g/mol. The fourth-order valence-corrected chi connectivity index (χ4v) is 4.56. The first-order chi connectivity index (χ1) is 14.9. The molecule has 162 valence electrons. The van der Waals surface area contributed by atoms with Gasteiger partial charge in [0, 0.05) is 48.7 Å². The van der Waals surface area contributed by atoms with Crippen LogP contribution in [-0.2, 0) is 17.8 Å². The van der Waals surface area contributed by atoms with Crippen molar-refractivity contribution in [2.75, 3.05) is 13.1 Å². The number of halogens is 3. The van der Waals surface area contributed by atoms with Gasteiger partial charge in [-0.15, -0.1) is 0 Å². The zero-order valence-corrected chi connectivity index (χ0v) is 17.8. The Morgan fingerprint density at radius 2 is 1.71 bits per heavy atom. The highest BCUT2D eigenvalue weighted by Crippen LogP contribution is 2.34. The Bertz CT molecular complexity index is 1050. The molecule has 2 heterocycles. The molecule has 2 aromatic carbocycles. The van der Waals surface area contributed by atoms with Crippen LogP contribution in [0.2, 0.25) is 5.02 Å². The Kier molecular flexibility index (Phi) is 6.68. The predicted molar refractivity (Wildman–Crippen MR) is 113 cm³/mol. The lowest BCUT2D eigenvalue weighted by molar-refractivity contribution is 0.0495. The maximum absolute atomic E-state index is 13.5. The van der Waals surface area contributed by atoms with E-state index in [9.17, 15) is 17.5 Å². The third-order valence-electron chi connectivity index (χ3n) is 5.21. The largest absolute Gasteiger partial charge is 0.294 e. The molecule has 0 amide bonds. The molecule has 4 rings (SSSR count).